The number of benzene rings is 2. The first-order chi connectivity index (χ1) is 19.9. The van der Waals surface area contributed by atoms with Crippen LogP contribution in [0.1, 0.15) is 73.0 Å². The van der Waals surface area contributed by atoms with Crippen LogP contribution >= 0.6 is 0 Å². The minimum absolute atomic E-state index is 0.0336. The summed E-state index contributed by atoms with van der Waals surface area (Å²) >= 11 is 0. The van der Waals surface area contributed by atoms with E-state index in [2.05, 4.69) is 37.7 Å². The third-order valence-corrected chi connectivity index (χ3v) is 7.94. The molecule has 0 unspecified atom stereocenters. The van der Waals surface area contributed by atoms with E-state index in [9.17, 15) is 14.4 Å². The number of nitrogens with one attached hydrogen (secondary N) is 2. The van der Waals surface area contributed by atoms with Gasteiger partial charge in [0, 0.05) is 43.0 Å². The molecule has 41 heavy (non-hydrogen) atoms. The average molecular weight is 553 g/mol. The number of anilines is 1. The lowest BCUT2D eigenvalue weighted by Gasteiger charge is -2.29. The van der Waals surface area contributed by atoms with Gasteiger partial charge in [0.05, 0.1) is 25.5 Å². The standard InChI is InChI=1S/C31H32N6O4/c1-19-23(20(2)38)6-7-25-24(19)8-9-26(25)35-31(40)28-17-27(34-29-10-11-33-37(28)29)30(39)32-18-21-4-3-5-22(16-21)36-12-14-41-15-13-36/h3-7,10-11,16-17,26H,8-9,12-15,18H2,1-2H3,(H,32,39)(H,35,40)/t26-/m0/s1. The number of carbonyl (C=O) groups excluding carboxylic acids is 3. The summed E-state index contributed by atoms with van der Waals surface area (Å²) in [5.41, 5.74) is 6.65. The zero-order valence-electron chi connectivity index (χ0n) is 23.1. The van der Waals surface area contributed by atoms with Crippen molar-refractivity contribution in [1.29, 1.82) is 0 Å². The molecule has 2 aromatic heterocycles. The number of carbonyl (C=O) groups is 3. The molecule has 1 atom stereocenters. The number of morpholine rings is 1. The largest absolute Gasteiger partial charge is 0.378 e. The molecule has 3 heterocycles. The Bertz CT molecular complexity index is 1660. The molecule has 6 rings (SSSR count). The van der Waals surface area contributed by atoms with Gasteiger partial charge in [0.25, 0.3) is 11.8 Å². The molecule has 4 aromatic rings. The Kier molecular flexibility index (Phi) is 7.23. The molecule has 2 N–H and O–H groups in total. The summed E-state index contributed by atoms with van der Waals surface area (Å²) in [5, 5.41) is 10.3. The van der Waals surface area contributed by atoms with E-state index in [1.165, 1.54) is 10.6 Å². The molecule has 0 bridgehead atoms. The van der Waals surface area contributed by atoms with Crippen LogP contribution in [-0.4, -0.2) is 58.5 Å². The molecule has 1 fully saturated rings. The number of ketones is 1. The number of Topliss-reactive ketones (excluding diaryl/α,β-unsaturated/α-hetero) is 1. The molecule has 0 spiro atoms. The normalized spacial score (nSPS) is 16.4. The molecule has 1 aliphatic carbocycles. The van der Waals surface area contributed by atoms with Gasteiger partial charge in [-0.15, -0.1) is 0 Å². The molecule has 10 heteroatoms. The Morgan fingerprint density at radius 2 is 1.88 bits per heavy atom. The maximum atomic E-state index is 13.5. The molecule has 2 aromatic carbocycles. The third kappa shape index (κ3) is 5.30. The van der Waals surface area contributed by atoms with Crippen molar-refractivity contribution in [1.82, 2.24) is 25.2 Å². The summed E-state index contributed by atoms with van der Waals surface area (Å²) in [6.07, 6.45) is 3.06. The van der Waals surface area contributed by atoms with E-state index in [0.29, 0.717) is 31.0 Å². The smallest absolute Gasteiger partial charge is 0.270 e. The van der Waals surface area contributed by atoms with Gasteiger partial charge in [-0.25, -0.2) is 9.50 Å². The number of hydrogen-bond acceptors (Lipinski definition) is 7. The first-order valence-electron chi connectivity index (χ1n) is 13.9. The van der Waals surface area contributed by atoms with Crippen LogP contribution in [-0.2, 0) is 17.7 Å². The zero-order chi connectivity index (χ0) is 28.5. The Morgan fingerprint density at radius 1 is 1.05 bits per heavy atom. The fourth-order valence-electron chi connectivity index (χ4n) is 5.79. The second kappa shape index (κ2) is 11.1. The van der Waals surface area contributed by atoms with Crippen LogP contribution in [0.5, 0.6) is 0 Å². The first-order valence-corrected chi connectivity index (χ1v) is 13.9. The van der Waals surface area contributed by atoms with E-state index >= 15 is 0 Å². The highest BCUT2D eigenvalue weighted by Crippen LogP contribution is 2.35. The fraction of sp³-hybridized carbons (Fsp3) is 0.323. The number of rotatable bonds is 7. The molecular weight excluding hydrogens is 520 g/mol. The van der Waals surface area contributed by atoms with Gasteiger partial charge in [0.15, 0.2) is 11.4 Å². The highest BCUT2D eigenvalue weighted by atomic mass is 16.5. The molecule has 1 aliphatic heterocycles. The Labute approximate surface area is 237 Å². The topological polar surface area (TPSA) is 118 Å². The molecule has 0 radical (unpaired) electrons. The van der Waals surface area contributed by atoms with Gasteiger partial charge in [0.2, 0.25) is 0 Å². The maximum Gasteiger partial charge on any atom is 0.270 e. The van der Waals surface area contributed by atoms with E-state index in [-0.39, 0.29) is 35.0 Å². The molecule has 210 valence electrons. The SMILES string of the molecule is CC(=O)c1ccc2c(c1C)CC[C@@H]2NC(=O)c1cc(C(=O)NCc2cccc(N3CCOCC3)c2)nc2ccnn12. The lowest BCUT2D eigenvalue weighted by molar-refractivity contribution is 0.0927. The maximum absolute atomic E-state index is 13.5. The lowest BCUT2D eigenvalue weighted by atomic mass is 9.96. The average Bonchev–Trinajstić information content (AvgIpc) is 3.63. The van der Waals surface area contributed by atoms with E-state index in [0.717, 1.165) is 53.9 Å². The number of ether oxygens (including phenoxy) is 1. The molecule has 0 saturated carbocycles. The number of aromatic nitrogens is 3. The fourth-order valence-corrected chi connectivity index (χ4v) is 5.79. The molecule has 10 nitrogen and oxygen atoms in total. The van der Waals surface area contributed by atoms with E-state index in [4.69, 9.17) is 4.74 Å². The van der Waals surface area contributed by atoms with Crippen LogP contribution in [0, 0.1) is 6.92 Å². The second-order valence-electron chi connectivity index (χ2n) is 10.5. The van der Waals surface area contributed by atoms with Crippen LogP contribution in [0.2, 0.25) is 0 Å². The van der Waals surface area contributed by atoms with Crippen molar-refractivity contribution < 1.29 is 19.1 Å². The quantitative estimate of drug-likeness (QED) is 0.337. The first kappa shape index (κ1) is 26.6. The Hall–Kier alpha value is -4.57. The molecule has 2 amide bonds. The molecule has 1 saturated heterocycles. The van der Waals surface area contributed by atoms with Gasteiger partial charge >= 0.3 is 0 Å². The molecular formula is C31H32N6O4. The summed E-state index contributed by atoms with van der Waals surface area (Å²) in [5.74, 6) is -0.691. The summed E-state index contributed by atoms with van der Waals surface area (Å²) in [6.45, 7) is 6.92. The van der Waals surface area contributed by atoms with Gasteiger partial charge < -0.3 is 20.3 Å². The highest BCUT2D eigenvalue weighted by Gasteiger charge is 2.28. The second-order valence-corrected chi connectivity index (χ2v) is 10.5. The minimum atomic E-state index is -0.377. The van der Waals surface area contributed by atoms with Gasteiger partial charge in [-0.05, 0) is 61.1 Å². The van der Waals surface area contributed by atoms with Crippen molar-refractivity contribution in [3.8, 4) is 0 Å². The highest BCUT2D eigenvalue weighted by molar-refractivity contribution is 5.99. The molecule has 2 aliphatic rings. The van der Waals surface area contributed by atoms with Gasteiger partial charge in [0.1, 0.15) is 11.4 Å². The van der Waals surface area contributed by atoms with E-state index in [1.807, 2.05) is 31.2 Å². The van der Waals surface area contributed by atoms with E-state index < -0.39 is 0 Å². The monoisotopic (exact) mass is 552 g/mol. The van der Waals surface area contributed by atoms with Gasteiger partial charge in [-0.2, -0.15) is 5.10 Å². The predicted molar refractivity (Wildman–Crippen MR) is 153 cm³/mol. The van der Waals surface area contributed by atoms with Crippen molar-refractivity contribution in [3.63, 3.8) is 0 Å². The minimum Gasteiger partial charge on any atom is -0.378 e. The zero-order valence-corrected chi connectivity index (χ0v) is 23.1. The number of fused-ring (bicyclic) bond motifs is 2. The van der Waals surface area contributed by atoms with Crippen molar-refractivity contribution >= 4 is 28.9 Å². The van der Waals surface area contributed by atoms with Crippen LogP contribution in [0.25, 0.3) is 5.65 Å². The summed E-state index contributed by atoms with van der Waals surface area (Å²) < 4.78 is 6.89. The Balaban J connectivity index is 1.19. The number of nitrogens with zero attached hydrogens (tertiary/aromatic N) is 4. The van der Waals surface area contributed by atoms with Crippen molar-refractivity contribution in [2.24, 2.45) is 0 Å². The number of hydrogen-bond donors (Lipinski definition) is 2. The van der Waals surface area contributed by atoms with Crippen LogP contribution in [0.4, 0.5) is 5.69 Å². The van der Waals surface area contributed by atoms with Crippen molar-refractivity contribution in [3.05, 3.63) is 93.9 Å². The van der Waals surface area contributed by atoms with Crippen LogP contribution in [0.15, 0.2) is 54.7 Å². The van der Waals surface area contributed by atoms with E-state index in [1.54, 1.807) is 19.2 Å². The van der Waals surface area contributed by atoms with Crippen molar-refractivity contribution in [2.45, 2.75) is 39.3 Å². The Morgan fingerprint density at radius 3 is 2.68 bits per heavy atom. The third-order valence-electron chi connectivity index (χ3n) is 7.94. The number of amides is 2. The summed E-state index contributed by atoms with van der Waals surface area (Å²) in [6, 6.07) is 14.8. The lowest BCUT2D eigenvalue weighted by Crippen LogP contribution is -2.36. The predicted octanol–water partition coefficient (Wildman–Crippen LogP) is 3.42. The van der Waals surface area contributed by atoms with Crippen LogP contribution < -0.4 is 15.5 Å². The van der Waals surface area contributed by atoms with Crippen molar-refractivity contribution in [2.75, 3.05) is 31.2 Å². The van der Waals surface area contributed by atoms with Gasteiger partial charge in [-0.1, -0.05) is 24.3 Å². The summed E-state index contributed by atoms with van der Waals surface area (Å²) in [4.78, 5) is 45.4. The summed E-state index contributed by atoms with van der Waals surface area (Å²) in [7, 11) is 0. The van der Waals surface area contributed by atoms with Crippen LogP contribution in [0.3, 0.4) is 0 Å². The van der Waals surface area contributed by atoms with Gasteiger partial charge in [-0.3, -0.25) is 14.4 Å².